The van der Waals surface area contributed by atoms with Crippen LogP contribution in [0.1, 0.15) is 6.92 Å². The van der Waals surface area contributed by atoms with Gasteiger partial charge in [-0.25, -0.2) is 22.0 Å². The molecule has 1 amide bonds. The van der Waals surface area contributed by atoms with Crippen molar-refractivity contribution >= 4 is 43.2 Å². The topological polar surface area (TPSA) is 145 Å². The first-order chi connectivity index (χ1) is 12.9. The van der Waals surface area contributed by atoms with Gasteiger partial charge in [0.25, 0.3) is 0 Å². The standard InChI is InChI=1S/C16H18ClN3O6S2/c1-10(16(21)19-11-3-5-12(6-4-11)27(18,22)23)20-28(24,25)13-7-8-15(26-2)14(17)9-13/h3-10,20H,1-2H3,(H,19,21)(H2,18,22,23)/t10-/m1/s1. The van der Waals surface area contributed by atoms with Crippen molar-refractivity contribution in [2.75, 3.05) is 12.4 Å². The summed E-state index contributed by atoms with van der Waals surface area (Å²) in [5.74, 6) is -0.333. The van der Waals surface area contributed by atoms with E-state index < -0.39 is 32.0 Å². The number of hydrogen-bond donors (Lipinski definition) is 3. The maximum atomic E-state index is 12.4. The molecule has 0 aliphatic rings. The van der Waals surface area contributed by atoms with Crippen molar-refractivity contribution in [2.45, 2.75) is 22.8 Å². The highest BCUT2D eigenvalue weighted by atomic mass is 35.5. The number of sulfonamides is 2. The van der Waals surface area contributed by atoms with Crippen LogP contribution in [0.3, 0.4) is 0 Å². The Balaban J connectivity index is 2.09. The molecule has 4 N–H and O–H groups in total. The number of anilines is 1. The summed E-state index contributed by atoms with van der Waals surface area (Å²) in [5, 5.41) is 7.59. The Kier molecular flexibility index (Phi) is 6.67. The second kappa shape index (κ2) is 8.45. The number of ether oxygens (including phenoxy) is 1. The number of halogens is 1. The summed E-state index contributed by atoms with van der Waals surface area (Å²) < 4.78 is 54.5. The molecule has 0 saturated carbocycles. The van der Waals surface area contributed by atoms with E-state index in [1.807, 2.05) is 0 Å². The highest BCUT2D eigenvalue weighted by molar-refractivity contribution is 7.89. The number of hydrogen-bond acceptors (Lipinski definition) is 6. The van der Waals surface area contributed by atoms with Crippen molar-refractivity contribution in [3.05, 3.63) is 47.5 Å². The van der Waals surface area contributed by atoms with Crippen molar-refractivity contribution in [1.82, 2.24) is 4.72 Å². The number of nitrogens with one attached hydrogen (secondary N) is 2. The van der Waals surface area contributed by atoms with Crippen LogP contribution in [0.4, 0.5) is 5.69 Å². The summed E-state index contributed by atoms with van der Waals surface area (Å²) in [5.41, 5.74) is 0.274. The summed E-state index contributed by atoms with van der Waals surface area (Å²) >= 11 is 5.94. The van der Waals surface area contributed by atoms with Gasteiger partial charge >= 0.3 is 0 Å². The van der Waals surface area contributed by atoms with Gasteiger partial charge in [0.05, 0.1) is 28.0 Å². The molecule has 2 aromatic rings. The monoisotopic (exact) mass is 447 g/mol. The molecular formula is C16H18ClN3O6S2. The SMILES string of the molecule is COc1ccc(S(=O)(=O)N[C@H](C)C(=O)Nc2ccc(S(N)(=O)=O)cc2)cc1Cl. The van der Waals surface area contributed by atoms with E-state index in [2.05, 4.69) is 10.0 Å². The van der Waals surface area contributed by atoms with E-state index in [9.17, 15) is 21.6 Å². The van der Waals surface area contributed by atoms with Gasteiger partial charge in [0, 0.05) is 5.69 Å². The van der Waals surface area contributed by atoms with Gasteiger partial charge in [-0.15, -0.1) is 0 Å². The molecule has 28 heavy (non-hydrogen) atoms. The average Bonchev–Trinajstić information content (AvgIpc) is 2.60. The maximum absolute atomic E-state index is 12.4. The summed E-state index contributed by atoms with van der Waals surface area (Å²) in [4.78, 5) is 12.0. The van der Waals surface area contributed by atoms with Crippen molar-refractivity contribution < 1.29 is 26.4 Å². The van der Waals surface area contributed by atoms with Crippen LogP contribution in [-0.2, 0) is 24.8 Å². The first-order valence-corrected chi connectivity index (χ1v) is 11.1. The molecule has 0 radical (unpaired) electrons. The minimum Gasteiger partial charge on any atom is -0.495 e. The van der Waals surface area contributed by atoms with Crippen molar-refractivity contribution in [2.24, 2.45) is 5.14 Å². The quantitative estimate of drug-likeness (QED) is 0.583. The summed E-state index contributed by atoms with van der Waals surface area (Å²) in [6.45, 7) is 1.36. The number of carbonyl (C=O) groups excluding carboxylic acids is 1. The normalized spacial score (nSPS) is 13.0. The molecular weight excluding hydrogens is 430 g/mol. The highest BCUT2D eigenvalue weighted by Gasteiger charge is 2.23. The van der Waals surface area contributed by atoms with Gasteiger partial charge in [-0.2, -0.15) is 4.72 Å². The maximum Gasteiger partial charge on any atom is 0.242 e. The number of benzene rings is 2. The van der Waals surface area contributed by atoms with Crippen LogP contribution in [0.2, 0.25) is 5.02 Å². The minimum absolute atomic E-state index is 0.109. The number of amides is 1. The Bertz CT molecular complexity index is 1090. The third-order valence-corrected chi connectivity index (χ3v) is 6.37. The van der Waals surface area contributed by atoms with Crippen LogP contribution < -0.4 is 19.9 Å². The minimum atomic E-state index is -4.02. The van der Waals surface area contributed by atoms with E-state index in [1.54, 1.807) is 0 Å². The van der Waals surface area contributed by atoms with Crippen LogP contribution in [0.5, 0.6) is 5.75 Å². The number of primary sulfonamides is 1. The Hall–Kier alpha value is -2.18. The van der Waals surface area contributed by atoms with Crippen LogP contribution in [0, 0.1) is 0 Å². The molecule has 9 nitrogen and oxygen atoms in total. The van der Waals surface area contributed by atoms with Gasteiger partial charge in [-0.1, -0.05) is 11.6 Å². The lowest BCUT2D eigenvalue weighted by Crippen LogP contribution is -2.41. The number of methoxy groups -OCH3 is 1. The van der Waals surface area contributed by atoms with Gasteiger partial charge in [-0.05, 0) is 49.4 Å². The Morgan fingerprint density at radius 3 is 2.14 bits per heavy atom. The molecule has 0 heterocycles. The first-order valence-electron chi connectivity index (χ1n) is 7.73. The molecule has 0 saturated heterocycles. The number of carbonyl (C=O) groups is 1. The predicted octanol–water partition coefficient (Wildman–Crippen LogP) is 1.30. The van der Waals surface area contributed by atoms with E-state index in [0.29, 0.717) is 5.75 Å². The molecule has 0 aromatic heterocycles. The van der Waals surface area contributed by atoms with Crippen LogP contribution in [-0.4, -0.2) is 35.9 Å². The van der Waals surface area contributed by atoms with E-state index in [-0.39, 0.29) is 20.5 Å². The summed E-state index contributed by atoms with van der Waals surface area (Å²) in [6, 6.07) is 7.89. The molecule has 0 aliphatic carbocycles. The molecule has 0 fully saturated rings. The molecule has 152 valence electrons. The third-order valence-electron chi connectivity index (χ3n) is 3.61. The fourth-order valence-electron chi connectivity index (χ4n) is 2.15. The van der Waals surface area contributed by atoms with E-state index in [1.165, 1.54) is 56.5 Å². The lowest BCUT2D eigenvalue weighted by molar-refractivity contribution is -0.117. The van der Waals surface area contributed by atoms with Gasteiger partial charge in [-0.3, -0.25) is 4.79 Å². The molecule has 2 aromatic carbocycles. The second-order valence-corrected chi connectivity index (χ2v) is 9.38. The Morgan fingerprint density at radius 1 is 1.07 bits per heavy atom. The highest BCUT2D eigenvalue weighted by Crippen LogP contribution is 2.27. The van der Waals surface area contributed by atoms with Gasteiger partial charge in [0.15, 0.2) is 0 Å². The zero-order valence-electron chi connectivity index (χ0n) is 14.8. The van der Waals surface area contributed by atoms with Crippen molar-refractivity contribution in [1.29, 1.82) is 0 Å². The number of nitrogens with two attached hydrogens (primary N) is 1. The number of rotatable bonds is 7. The fourth-order valence-corrected chi connectivity index (χ4v) is 4.21. The third kappa shape index (κ3) is 5.42. The zero-order chi connectivity index (χ0) is 21.1. The molecule has 0 bridgehead atoms. The van der Waals surface area contributed by atoms with Crippen molar-refractivity contribution in [3.8, 4) is 5.75 Å². The zero-order valence-corrected chi connectivity index (χ0v) is 17.2. The lowest BCUT2D eigenvalue weighted by atomic mass is 10.3. The smallest absolute Gasteiger partial charge is 0.242 e. The van der Waals surface area contributed by atoms with Crippen LogP contribution >= 0.6 is 11.6 Å². The summed E-state index contributed by atoms with van der Waals surface area (Å²) in [6.07, 6.45) is 0. The molecule has 12 heteroatoms. The van der Waals surface area contributed by atoms with Gasteiger partial charge < -0.3 is 10.1 Å². The Labute approximate surface area is 167 Å². The Morgan fingerprint density at radius 2 is 1.64 bits per heavy atom. The molecule has 0 aliphatic heterocycles. The molecule has 2 rings (SSSR count). The predicted molar refractivity (Wildman–Crippen MR) is 104 cm³/mol. The second-order valence-electron chi connectivity index (χ2n) is 5.70. The van der Waals surface area contributed by atoms with E-state index >= 15 is 0 Å². The van der Waals surface area contributed by atoms with E-state index in [4.69, 9.17) is 21.5 Å². The van der Waals surface area contributed by atoms with Crippen LogP contribution in [0.25, 0.3) is 0 Å². The van der Waals surface area contributed by atoms with Crippen LogP contribution in [0.15, 0.2) is 52.3 Å². The van der Waals surface area contributed by atoms with E-state index in [0.717, 1.165) is 0 Å². The molecule has 1 atom stereocenters. The molecule has 0 spiro atoms. The lowest BCUT2D eigenvalue weighted by Gasteiger charge is -2.15. The fraction of sp³-hybridized carbons (Fsp3) is 0.188. The van der Waals surface area contributed by atoms with Crippen molar-refractivity contribution in [3.63, 3.8) is 0 Å². The van der Waals surface area contributed by atoms with Gasteiger partial charge in [0.2, 0.25) is 26.0 Å². The largest absolute Gasteiger partial charge is 0.495 e. The first kappa shape index (κ1) is 22.1. The van der Waals surface area contributed by atoms with Gasteiger partial charge in [0.1, 0.15) is 5.75 Å². The average molecular weight is 448 g/mol. The molecule has 0 unspecified atom stereocenters. The summed E-state index contributed by atoms with van der Waals surface area (Å²) in [7, 11) is -6.47.